The Kier molecular flexibility index (Phi) is 7.91. The number of carbonyl (C=O) groups excluding carboxylic acids is 2. The highest BCUT2D eigenvalue weighted by molar-refractivity contribution is 6.08. The minimum atomic E-state index is -0.466. The first-order valence-electron chi connectivity index (χ1n) is 10.3. The fourth-order valence-electron chi connectivity index (χ4n) is 3.28. The van der Waals surface area contributed by atoms with Crippen molar-refractivity contribution in [3.63, 3.8) is 0 Å². The number of aromatic nitrogens is 1. The van der Waals surface area contributed by atoms with E-state index in [0.29, 0.717) is 35.1 Å². The van der Waals surface area contributed by atoms with Crippen LogP contribution in [0.1, 0.15) is 27.2 Å². The fraction of sp³-hybridized carbons (Fsp3) is 0.231. The lowest BCUT2D eigenvalue weighted by Crippen LogP contribution is -2.12. The van der Waals surface area contributed by atoms with Crippen LogP contribution in [0, 0.1) is 6.92 Å². The number of allylic oxidation sites excluding steroid dienone is 1. The molecule has 3 aromatic rings. The van der Waals surface area contributed by atoms with Gasteiger partial charge in [-0.25, -0.2) is 4.79 Å². The third-order valence-corrected chi connectivity index (χ3v) is 4.95. The summed E-state index contributed by atoms with van der Waals surface area (Å²) in [6, 6.07) is 14.3. The maximum absolute atomic E-state index is 13.0. The molecule has 0 bridgehead atoms. The minimum absolute atomic E-state index is 0.0565. The van der Waals surface area contributed by atoms with E-state index in [9.17, 15) is 9.59 Å². The molecule has 0 saturated carbocycles. The number of hydrogen-bond acceptors (Lipinski definition) is 6. The zero-order chi connectivity index (χ0) is 23.8. The molecule has 0 unspecified atom stereocenters. The van der Waals surface area contributed by atoms with Crippen molar-refractivity contribution in [3.8, 4) is 17.2 Å². The molecule has 1 heterocycles. The van der Waals surface area contributed by atoms with Gasteiger partial charge in [0.2, 0.25) is 5.78 Å². The van der Waals surface area contributed by atoms with Gasteiger partial charge in [0.05, 0.1) is 27.0 Å². The molecule has 0 saturated heterocycles. The Labute approximate surface area is 193 Å². The number of aryl methyl sites for hydroxylation is 1. The van der Waals surface area contributed by atoms with Crippen LogP contribution in [0.2, 0.25) is 0 Å². The Morgan fingerprint density at radius 2 is 1.61 bits per heavy atom. The van der Waals surface area contributed by atoms with Crippen LogP contribution >= 0.6 is 0 Å². The molecule has 2 aromatic carbocycles. The second-order valence-electron chi connectivity index (χ2n) is 7.32. The lowest BCUT2D eigenvalue weighted by molar-refractivity contribution is -0.142. The topological polar surface area (TPSA) is 76.0 Å². The van der Waals surface area contributed by atoms with Crippen molar-refractivity contribution < 1.29 is 28.5 Å². The van der Waals surface area contributed by atoms with Crippen molar-refractivity contribution in [1.29, 1.82) is 0 Å². The summed E-state index contributed by atoms with van der Waals surface area (Å²) in [5.74, 6) is 1.27. The summed E-state index contributed by atoms with van der Waals surface area (Å²) in [7, 11) is 4.46. The van der Waals surface area contributed by atoms with E-state index in [1.54, 1.807) is 50.6 Å². The van der Waals surface area contributed by atoms with E-state index < -0.39 is 5.97 Å². The van der Waals surface area contributed by atoms with Crippen LogP contribution in [0.3, 0.4) is 0 Å². The number of benzene rings is 2. The number of ketones is 1. The molecular formula is C26H27NO6. The summed E-state index contributed by atoms with van der Waals surface area (Å²) in [6.07, 6.45) is 5.80. The van der Waals surface area contributed by atoms with Crippen molar-refractivity contribution in [2.24, 2.45) is 0 Å². The van der Waals surface area contributed by atoms with Crippen LogP contribution in [0.4, 0.5) is 0 Å². The standard InChI is InChI=1S/C26H27NO6/c1-18-12-24(26(29)20-7-9-21(30-2)10-8-20)27(16-18)11-5-6-19-13-22(31-3)15-23(14-19)33-17-25(28)32-4/h5-10,12-16H,11,17H2,1-4H3/b6-5+. The molecular weight excluding hydrogens is 422 g/mol. The second kappa shape index (κ2) is 11.0. The van der Waals surface area contributed by atoms with Gasteiger partial charge in [-0.3, -0.25) is 4.79 Å². The van der Waals surface area contributed by atoms with Gasteiger partial charge in [-0.2, -0.15) is 0 Å². The van der Waals surface area contributed by atoms with Crippen molar-refractivity contribution in [2.75, 3.05) is 27.9 Å². The van der Waals surface area contributed by atoms with Crippen LogP contribution in [0.15, 0.2) is 60.8 Å². The third-order valence-electron chi connectivity index (χ3n) is 4.95. The molecule has 0 aliphatic heterocycles. The van der Waals surface area contributed by atoms with E-state index in [0.717, 1.165) is 11.1 Å². The van der Waals surface area contributed by atoms with Gasteiger partial charge in [0.25, 0.3) is 0 Å². The number of methoxy groups -OCH3 is 3. The SMILES string of the molecule is COC(=O)COc1cc(/C=C/Cn2cc(C)cc2C(=O)c2ccc(OC)cc2)cc(OC)c1. The van der Waals surface area contributed by atoms with Gasteiger partial charge in [0, 0.05) is 24.4 Å². The van der Waals surface area contributed by atoms with Crippen LogP contribution < -0.4 is 14.2 Å². The molecule has 0 fully saturated rings. The molecule has 0 aliphatic rings. The maximum Gasteiger partial charge on any atom is 0.343 e. The lowest BCUT2D eigenvalue weighted by Gasteiger charge is -2.09. The molecule has 7 nitrogen and oxygen atoms in total. The smallest absolute Gasteiger partial charge is 0.343 e. The molecule has 0 radical (unpaired) electrons. The Hall–Kier alpha value is -4.00. The van der Waals surface area contributed by atoms with Gasteiger partial charge in [-0.05, 0) is 60.5 Å². The molecule has 0 N–H and O–H groups in total. The quantitative estimate of drug-likeness (QED) is 0.339. The van der Waals surface area contributed by atoms with Gasteiger partial charge in [0.1, 0.15) is 17.2 Å². The average molecular weight is 450 g/mol. The largest absolute Gasteiger partial charge is 0.497 e. The van der Waals surface area contributed by atoms with E-state index in [4.69, 9.17) is 14.2 Å². The monoisotopic (exact) mass is 449 g/mol. The Morgan fingerprint density at radius 1 is 0.909 bits per heavy atom. The van der Waals surface area contributed by atoms with Crippen molar-refractivity contribution >= 4 is 17.8 Å². The predicted molar refractivity (Wildman–Crippen MR) is 125 cm³/mol. The highest BCUT2D eigenvalue weighted by Gasteiger charge is 2.14. The Balaban J connectivity index is 1.76. The van der Waals surface area contributed by atoms with Crippen molar-refractivity contribution in [1.82, 2.24) is 4.57 Å². The summed E-state index contributed by atoms with van der Waals surface area (Å²) in [4.78, 5) is 24.4. The van der Waals surface area contributed by atoms with E-state index in [1.807, 2.05) is 42.0 Å². The normalized spacial score (nSPS) is 10.8. The molecule has 0 spiro atoms. The van der Waals surface area contributed by atoms with E-state index in [-0.39, 0.29) is 12.4 Å². The van der Waals surface area contributed by atoms with Gasteiger partial charge in [-0.1, -0.05) is 12.2 Å². The summed E-state index contributed by atoms with van der Waals surface area (Å²) >= 11 is 0. The first-order valence-corrected chi connectivity index (χ1v) is 10.3. The van der Waals surface area contributed by atoms with E-state index >= 15 is 0 Å². The highest BCUT2D eigenvalue weighted by Crippen LogP contribution is 2.24. The average Bonchev–Trinajstić information content (AvgIpc) is 3.22. The van der Waals surface area contributed by atoms with Gasteiger partial charge in [0.15, 0.2) is 6.61 Å². The van der Waals surface area contributed by atoms with E-state index in [2.05, 4.69) is 4.74 Å². The highest BCUT2D eigenvalue weighted by atomic mass is 16.6. The first kappa shape index (κ1) is 23.7. The molecule has 1 aromatic heterocycles. The number of ether oxygens (including phenoxy) is 4. The summed E-state index contributed by atoms with van der Waals surface area (Å²) in [5.41, 5.74) is 3.04. The lowest BCUT2D eigenvalue weighted by atomic mass is 10.1. The summed E-state index contributed by atoms with van der Waals surface area (Å²) < 4.78 is 22.5. The third kappa shape index (κ3) is 6.26. The number of nitrogens with zero attached hydrogens (tertiary/aromatic N) is 1. The molecule has 7 heteroatoms. The summed E-state index contributed by atoms with van der Waals surface area (Å²) in [5, 5.41) is 0. The molecule has 3 rings (SSSR count). The van der Waals surface area contributed by atoms with Gasteiger partial charge < -0.3 is 23.5 Å². The molecule has 33 heavy (non-hydrogen) atoms. The molecule has 0 aliphatic carbocycles. The zero-order valence-electron chi connectivity index (χ0n) is 19.2. The number of hydrogen-bond donors (Lipinski definition) is 0. The number of esters is 1. The second-order valence-corrected chi connectivity index (χ2v) is 7.32. The predicted octanol–water partition coefficient (Wildman–Crippen LogP) is 4.31. The Morgan fingerprint density at radius 3 is 2.27 bits per heavy atom. The van der Waals surface area contributed by atoms with Gasteiger partial charge >= 0.3 is 5.97 Å². The van der Waals surface area contributed by atoms with Gasteiger partial charge in [-0.15, -0.1) is 0 Å². The zero-order valence-corrected chi connectivity index (χ0v) is 19.2. The van der Waals surface area contributed by atoms with Crippen LogP contribution in [-0.2, 0) is 16.1 Å². The molecule has 0 amide bonds. The van der Waals surface area contributed by atoms with Crippen molar-refractivity contribution in [2.45, 2.75) is 13.5 Å². The van der Waals surface area contributed by atoms with Crippen LogP contribution in [0.25, 0.3) is 6.08 Å². The van der Waals surface area contributed by atoms with Crippen LogP contribution in [-0.4, -0.2) is 44.3 Å². The summed E-state index contributed by atoms with van der Waals surface area (Å²) in [6.45, 7) is 2.27. The molecule has 0 atom stereocenters. The minimum Gasteiger partial charge on any atom is -0.497 e. The Bertz CT molecular complexity index is 1140. The van der Waals surface area contributed by atoms with Crippen LogP contribution in [0.5, 0.6) is 17.2 Å². The number of rotatable bonds is 10. The maximum atomic E-state index is 13.0. The fourth-order valence-corrected chi connectivity index (χ4v) is 3.28. The van der Waals surface area contributed by atoms with E-state index in [1.165, 1.54) is 7.11 Å². The van der Waals surface area contributed by atoms with Crippen molar-refractivity contribution in [3.05, 3.63) is 83.2 Å². The first-order chi connectivity index (χ1) is 15.9. The molecule has 172 valence electrons. The number of carbonyl (C=O) groups is 2.